The van der Waals surface area contributed by atoms with E-state index in [2.05, 4.69) is 0 Å². The lowest BCUT2D eigenvalue weighted by molar-refractivity contribution is 0.432. The van der Waals surface area contributed by atoms with E-state index < -0.39 is 19.9 Å². The number of hydrogen-bond acceptors (Lipinski definition) is 5. The van der Waals surface area contributed by atoms with Gasteiger partial charge in [0.2, 0.25) is 10.0 Å². The summed E-state index contributed by atoms with van der Waals surface area (Å²) in [5.74, 6) is -0.736. The van der Waals surface area contributed by atoms with Gasteiger partial charge in [0, 0.05) is 25.0 Å². The van der Waals surface area contributed by atoms with Crippen LogP contribution in [0.1, 0.15) is 11.1 Å². The summed E-state index contributed by atoms with van der Waals surface area (Å²) in [7, 11) is -6.85. The number of anilines is 1. The molecular weight excluding hydrogens is 288 g/mol. The molecule has 0 saturated carbocycles. The number of rotatable bonds is 4. The zero-order valence-corrected chi connectivity index (χ0v) is 12.2. The zero-order chi connectivity index (χ0) is 14.3. The van der Waals surface area contributed by atoms with Gasteiger partial charge in [0.15, 0.2) is 0 Å². The molecule has 2 N–H and O–H groups in total. The third kappa shape index (κ3) is 3.46. The highest BCUT2D eigenvalue weighted by molar-refractivity contribution is 7.93. The predicted molar refractivity (Wildman–Crippen MR) is 73.6 cm³/mol. The van der Waals surface area contributed by atoms with Gasteiger partial charge in [-0.1, -0.05) is 6.07 Å². The number of nitrogens with zero attached hydrogens (tertiary/aromatic N) is 1. The lowest BCUT2D eigenvalue weighted by atomic mass is 10.1. The van der Waals surface area contributed by atoms with Crippen LogP contribution >= 0.6 is 0 Å². The van der Waals surface area contributed by atoms with Crippen LogP contribution in [0, 0.1) is 0 Å². The molecule has 19 heavy (non-hydrogen) atoms. The van der Waals surface area contributed by atoms with Crippen LogP contribution in [-0.4, -0.2) is 38.9 Å². The van der Waals surface area contributed by atoms with Crippen LogP contribution < -0.4 is 5.73 Å². The van der Waals surface area contributed by atoms with Gasteiger partial charge in [-0.25, -0.2) is 16.8 Å². The average Bonchev–Trinajstić information content (AvgIpc) is 2.69. The molecule has 0 radical (unpaired) electrons. The minimum atomic E-state index is -3.56. The Morgan fingerprint density at radius 2 is 1.74 bits per heavy atom. The summed E-state index contributed by atoms with van der Waals surface area (Å²) in [6.07, 6.45) is 1.03. The lowest BCUT2D eigenvalue weighted by Gasteiger charge is -2.14. The molecule has 1 aliphatic heterocycles. The maximum Gasteiger partial charge on any atom is 0.215 e. The van der Waals surface area contributed by atoms with Gasteiger partial charge in [0.25, 0.3) is 0 Å². The fourth-order valence-corrected chi connectivity index (χ4v) is 4.95. The molecule has 0 aromatic heterocycles. The molecule has 8 heteroatoms. The van der Waals surface area contributed by atoms with Gasteiger partial charge in [-0.15, -0.1) is 0 Å². The first-order chi connectivity index (χ1) is 8.67. The van der Waals surface area contributed by atoms with Crippen molar-refractivity contribution in [3.63, 3.8) is 0 Å². The van der Waals surface area contributed by atoms with E-state index in [9.17, 15) is 16.8 Å². The number of nitrogens with two attached hydrogens (primary N) is 1. The summed E-state index contributed by atoms with van der Waals surface area (Å²) in [6.45, 7) is 0.536. The van der Waals surface area contributed by atoms with E-state index >= 15 is 0 Å². The van der Waals surface area contributed by atoms with Gasteiger partial charge in [-0.3, -0.25) is 0 Å². The van der Waals surface area contributed by atoms with Gasteiger partial charge in [0.1, 0.15) is 9.84 Å². The van der Waals surface area contributed by atoms with Crippen LogP contribution in [0.15, 0.2) is 18.2 Å². The van der Waals surface area contributed by atoms with Crippen molar-refractivity contribution >= 4 is 25.5 Å². The first kappa shape index (κ1) is 14.3. The molecular formula is C11H16N2O4S2. The Labute approximate surface area is 113 Å². The Balaban J connectivity index is 2.13. The summed E-state index contributed by atoms with van der Waals surface area (Å²) < 4.78 is 47.5. The van der Waals surface area contributed by atoms with E-state index in [-0.39, 0.29) is 24.6 Å². The van der Waals surface area contributed by atoms with E-state index in [1.807, 2.05) is 0 Å². The summed E-state index contributed by atoms with van der Waals surface area (Å²) in [6, 6.07) is 5.28. The second-order valence-electron chi connectivity index (χ2n) is 4.74. The summed E-state index contributed by atoms with van der Waals surface area (Å²) in [5.41, 5.74) is 8.04. The van der Waals surface area contributed by atoms with Gasteiger partial charge in [0.05, 0.1) is 11.5 Å². The summed E-state index contributed by atoms with van der Waals surface area (Å²) in [4.78, 5) is 0. The maximum atomic E-state index is 12.1. The maximum absolute atomic E-state index is 12.1. The molecule has 0 atom stereocenters. The van der Waals surface area contributed by atoms with Crippen LogP contribution in [0.2, 0.25) is 0 Å². The Morgan fingerprint density at radius 3 is 2.37 bits per heavy atom. The minimum Gasteiger partial charge on any atom is -0.399 e. The van der Waals surface area contributed by atoms with Crippen molar-refractivity contribution in [1.29, 1.82) is 0 Å². The van der Waals surface area contributed by atoms with Crippen molar-refractivity contribution in [3.8, 4) is 0 Å². The van der Waals surface area contributed by atoms with Crippen molar-refractivity contribution in [2.45, 2.75) is 13.1 Å². The van der Waals surface area contributed by atoms with Crippen LogP contribution in [-0.2, 0) is 33.0 Å². The van der Waals surface area contributed by atoms with E-state index in [0.717, 1.165) is 17.4 Å². The van der Waals surface area contributed by atoms with Crippen molar-refractivity contribution in [1.82, 2.24) is 4.31 Å². The van der Waals surface area contributed by atoms with Crippen molar-refractivity contribution in [3.05, 3.63) is 29.3 Å². The second kappa shape index (κ2) is 4.77. The summed E-state index contributed by atoms with van der Waals surface area (Å²) in [5, 5.41) is 0. The molecule has 1 aliphatic rings. The molecule has 0 unspecified atom stereocenters. The molecule has 0 fully saturated rings. The Kier molecular flexibility index (Phi) is 3.59. The number of sulfonamides is 1. The fourth-order valence-electron chi connectivity index (χ4n) is 1.97. The molecule has 0 aliphatic carbocycles. The Hall–Kier alpha value is -1.12. The monoisotopic (exact) mass is 304 g/mol. The highest BCUT2D eigenvalue weighted by Gasteiger charge is 2.29. The number of sulfone groups is 1. The predicted octanol–water partition coefficient (Wildman–Crippen LogP) is -0.0412. The first-order valence-electron chi connectivity index (χ1n) is 5.70. The van der Waals surface area contributed by atoms with Crippen LogP contribution in [0.25, 0.3) is 0 Å². The lowest BCUT2D eigenvalue weighted by Crippen LogP contribution is -2.30. The molecule has 2 rings (SSSR count). The van der Waals surface area contributed by atoms with Gasteiger partial charge in [-0.2, -0.15) is 4.31 Å². The van der Waals surface area contributed by atoms with E-state index in [0.29, 0.717) is 5.69 Å². The number of hydrogen-bond donors (Lipinski definition) is 1. The van der Waals surface area contributed by atoms with Crippen molar-refractivity contribution in [2.75, 3.05) is 23.5 Å². The molecule has 1 aromatic rings. The van der Waals surface area contributed by atoms with Gasteiger partial charge >= 0.3 is 0 Å². The van der Waals surface area contributed by atoms with Crippen LogP contribution in [0.4, 0.5) is 5.69 Å². The first-order valence-corrected chi connectivity index (χ1v) is 9.37. The largest absolute Gasteiger partial charge is 0.399 e. The van der Waals surface area contributed by atoms with Crippen molar-refractivity contribution < 1.29 is 16.8 Å². The van der Waals surface area contributed by atoms with Crippen LogP contribution in [0.3, 0.4) is 0 Å². The standard InChI is InChI=1S/C11H16N2O4S2/c1-18(14,15)4-5-19(16,17)13-7-9-2-3-11(12)6-10(9)8-13/h2-3,6H,4-5,7-8,12H2,1H3. The van der Waals surface area contributed by atoms with E-state index in [4.69, 9.17) is 5.73 Å². The minimum absolute atomic E-state index is 0.256. The highest BCUT2D eigenvalue weighted by Crippen LogP contribution is 2.27. The normalized spacial score (nSPS) is 16.5. The van der Waals surface area contributed by atoms with E-state index in [1.54, 1.807) is 18.2 Å². The molecule has 0 amide bonds. The zero-order valence-electron chi connectivity index (χ0n) is 10.5. The van der Waals surface area contributed by atoms with Gasteiger partial charge in [-0.05, 0) is 23.3 Å². The smallest absolute Gasteiger partial charge is 0.215 e. The quantitative estimate of drug-likeness (QED) is 0.787. The molecule has 1 heterocycles. The number of nitrogen functional groups attached to an aromatic ring is 1. The second-order valence-corrected chi connectivity index (χ2v) is 9.09. The highest BCUT2D eigenvalue weighted by atomic mass is 32.2. The van der Waals surface area contributed by atoms with Crippen LogP contribution in [0.5, 0.6) is 0 Å². The number of fused-ring (bicyclic) bond motifs is 1. The Morgan fingerprint density at radius 1 is 1.11 bits per heavy atom. The molecule has 106 valence electrons. The topological polar surface area (TPSA) is 97.5 Å². The average molecular weight is 304 g/mol. The van der Waals surface area contributed by atoms with E-state index in [1.165, 1.54) is 4.31 Å². The molecule has 0 spiro atoms. The third-order valence-electron chi connectivity index (χ3n) is 3.03. The fraction of sp³-hybridized carbons (Fsp3) is 0.455. The van der Waals surface area contributed by atoms with Crippen molar-refractivity contribution in [2.24, 2.45) is 0 Å². The molecule has 0 bridgehead atoms. The Bertz CT molecular complexity index is 695. The molecule has 1 aromatic carbocycles. The molecule has 0 saturated heterocycles. The number of benzene rings is 1. The van der Waals surface area contributed by atoms with Gasteiger partial charge < -0.3 is 5.73 Å². The third-order valence-corrected chi connectivity index (χ3v) is 6.00. The molecule has 6 nitrogen and oxygen atoms in total. The summed E-state index contributed by atoms with van der Waals surface area (Å²) >= 11 is 0. The SMILES string of the molecule is CS(=O)(=O)CCS(=O)(=O)N1Cc2ccc(N)cc2C1.